The zero-order valence-electron chi connectivity index (χ0n) is 18.3. The Bertz CT molecular complexity index is 1100. The summed E-state index contributed by atoms with van der Waals surface area (Å²) in [5.41, 5.74) is 8.56. The zero-order chi connectivity index (χ0) is 21.2. The van der Waals surface area contributed by atoms with E-state index in [0.29, 0.717) is 5.57 Å². The van der Waals surface area contributed by atoms with Crippen molar-refractivity contribution in [2.24, 2.45) is 5.41 Å². The van der Waals surface area contributed by atoms with Gasteiger partial charge in [-0.1, -0.05) is 32.0 Å². The first-order valence-corrected chi connectivity index (χ1v) is 10.9. The number of para-hydroxylation sites is 1. The van der Waals surface area contributed by atoms with Crippen molar-refractivity contribution < 1.29 is 9.53 Å². The molecule has 1 atom stereocenters. The highest BCUT2D eigenvalue weighted by Gasteiger charge is 2.42. The second-order valence-corrected chi connectivity index (χ2v) is 9.78. The zero-order valence-corrected chi connectivity index (χ0v) is 18.3. The van der Waals surface area contributed by atoms with Crippen molar-refractivity contribution in [1.29, 1.82) is 0 Å². The number of nitrogens with zero attached hydrogens (tertiary/aromatic N) is 1. The van der Waals surface area contributed by atoms with Gasteiger partial charge in [0.05, 0.1) is 23.3 Å². The topological polar surface area (TPSA) is 63.2 Å². The van der Waals surface area contributed by atoms with Crippen LogP contribution in [0.4, 0.5) is 17.2 Å². The molecule has 2 aromatic rings. The number of aromatic nitrogens is 1. The number of pyridine rings is 1. The molecule has 5 heteroatoms. The number of aryl methyl sites for hydroxylation is 1. The Morgan fingerprint density at radius 3 is 2.77 bits per heavy atom. The van der Waals surface area contributed by atoms with E-state index in [9.17, 15) is 4.79 Å². The van der Waals surface area contributed by atoms with Gasteiger partial charge in [0.25, 0.3) is 0 Å². The monoisotopic (exact) mass is 403 g/mol. The normalized spacial score (nSPS) is 20.5. The number of hydrogen-bond acceptors (Lipinski definition) is 5. The molecule has 1 aromatic heterocycles. The van der Waals surface area contributed by atoms with Gasteiger partial charge < -0.3 is 15.4 Å². The number of anilines is 3. The van der Waals surface area contributed by atoms with Crippen molar-refractivity contribution in [2.45, 2.75) is 65.9 Å². The fraction of sp³-hybridized carbons (Fsp3) is 0.440. The van der Waals surface area contributed by atoms with Crippen LogP contribution in [0.2, 0.25) is 0 Å². The number of allylic oxidation sites excluding steroid dienone is 1. The van der Waals surface area contributed by atoms with Crippen molar-refractivity contribution in [3.8, 4) is 0 Å². The molecule has 0 spiro atoms. The summed E-state index contributed by atoms with van der Waals surface area (Å²) in [4.78, 5) is 18.2. The summed E-state index contributed by atoms with van der Waals surface area (Å²) < 4.78 is 5.65. The van der Waals surface area contributed by atoms with Gasteiger partial charge in [-0.15, -0.1) is 0 Å². The molecule has 1 unspecified atom stereocenters. The van der Waals surface area contributed by atoms with Crippen LogP contribution in [0, 0.1) is 5.41 Å². The predicted molar refractivity (Wildman–Crippen MR) is 119 cm³/mol. The molecule has 0 bridgehead atoms. The number of carbonyl (C=O) groups is 1. The molecule has 5 nitrogen and oxygen atoms in total. The maximum Gasteiger partial charge on any atom is 0.337 e. The van der Waals surface area contributed by atoms with Crippen LogP contribution in [0.15, 0.2) is 35.5 Å². The first-order chi connectivity index (χ1) is 14.2. The van der Waals surface area contributed by atoms with Crippen molar-refractivity contribution in [2.75, 3.05) is 10.6 Å². The standard InChI is InChI=1S/C25H29N3O2/c1-13(2)30-24(29)19-14(3)26-23-21-20(19)15-8-6-7-9-17(15)27-22(21)16-12-25(4,5)11-10-18(16)28-23/h6-9,13,20,27H,10-12H2,1-5H3,(H,26,28). The number of nitrogens with one attached hydrogen (secondary N) is 2. The molecule has 0 radical (unpaired) electrons. The quantitative estimate of drug-likeness (QED) is 0.654. The highest BCUT2D eigenvalue weighted by molar-refractivity contribution is 5.98. The summed E-state index contributed by atoms with van der Waals surface area (Å²) in [5.74, 6) is 0.434. The lowest BCUT2D eigenvalue weighted by molar-refractivity contribution is -0.142. The smallest absolute Gasteiger partial charge is 0.337 e. The number of rotatable bonds is 2. The van der Waals surface area contributed by atoms with E-state index >= 15 is 0 Å². The van der Waals surface area contributed by atoms with Gasteiger partial charge in [0.1, 0.15) is 5.82 Å². The molecular formula is C25H29N3O2. The van der Waals surface area contributed by atoms with Crippen LogP contribution in [0.3, 0.4) is 0 Å². The summed E-state index contributed by atoms with van der Waals surface area (Å²) in [5, 5.41) is 7.14. The Labute approximate surface area is 177 Å². The first-order valence-electron chi connectivity index (χ1n) is 10.9. The highest BCUT2D eigenvalue weighted by Crippen LogP contribution is 2.54. The van der Waals surface area contributed by atoms with Crippen LogP contribution in [-0.4, -0.2) is 17.1 Å². The van der Waals surface area contributed by atoms with Crippen LogP contribution >= 0.6 is 0 Å². The number of benzene rings is 1. The lowest BCUT2D eigenvalue weighted by atomic mass is 9.72. The molecule has 0 saturated heterocycles. The van der Waals surface area contributed by atoms with Gasteiger partial charge in [-0.25, -0.2) is 9.78 Å². The van der Waals surface area contributed by atoms with Gasteiger partial charge >= 0.3 is 5.97 Å². The van der Waals surface area contributed by atoms with Gasteiger partial charge in [-0.05, 0) is 62.6 Å². The Hall–Kier alpha value is -2.82. The lowest BCUT2D eigenvalue weighted by Gasteiger charge is -2.40. The minimum atomic E-state index is -0.258. The van der Waals surface area contributed by atoms with Crippen molar-refractivity contribution >= 4 is 23.2 Å². The molecule has 3 aliphatic rings. The van der Waals surface area contributed by atoms with Gasteiger partial charge in [0, 0.05) is 22.6 Å². The maximum absolute atomic E-state index is 13.2. The molecule has 1 aromatic carbocycles. The highest BCUT2D eigenvalue weighted by atomic mass is 16.5. The predicted octanol–water partition coefficient (Wildman–Crippen LogP) is 5.44. The fourth-order valence-corrected chi connectivity index (χ4v) is 5.09. The third-order valence-electron chi connectivity index (χ3n) is 6.50. The van der Waals surface area contributed by atoms with Gasteiger partial charge in [0.2, 0.25) is 0 Å². The maximum atomic E-state index is 13.2. The van der Waals surface area contributed by atoms with Crippen LogP contribution in [0.25, 0.3) is 0 Å². The van der Waals surface area contributed by atoms with Crippen molar-refractivity contribution in [3.63, 3.8) is 0 Å². The minimum Gasteiger partial charge on any atom is -0.460 e. The van der Waals surface area contributed by atoms with Crippen LogP contribution in [-0.2, 0) is 22.4 Å². The number of ether oxygens (including phenoxy) is 1. The molecule has 0 saturated carbocycles. The molecular weight excluding hydrogens is 374 g/mol. The molecule has 0 amide bonds. The second kappa shape index (κ2) is 6.59. The number of carbonyl (C=O) groups excluding carboxylic acids is 1. The molecule has 30 heavy (non-hydrogen) atoms. The summed E-state index contributed by atoms with van der Waals surface area (Å²) in [6, 6.07) is 8.27. The fourth-order valence-electron chi connectivity index (χ4n) is 5.09. The van der Waals surface area contributed by atoms with Gasteiger partial charge in [0.15, 0.2) is 0 Å². The van der Waals surface area contributed by atoms with Crippen LogP contribution in [0.5, 0.6) is 0 Å². The van der Waals surface area contributed by atoms with E-state index in [-0.39, 0.29) is 23.4 Å². The van der Waals surface area contributed by atoms with E-state index in [1.54, 1.807) is 0 Å². The largest absolute Gasteiger partial charge is 0.460 e. The van der Waals surface area contributed by atoms with E-state index in [2.05, 4.69) is 36.6 Å². The van der Waals surface area contributed by atoms with Crippen LogP contribution in [0.1, 0.15) is 69.3 Å². The van der Waals surface area contributed by atoms with Crippen LogP contribution < -0.4 is 10.6 Å². The van der Waals surface area contributed by atoms with E-state index in [1.807, 2.05) is 32.9 Å². The third-order valence-corrected chi connectivity index (χ3v) is 6.50. The molecule has 0 fully saturated rings. The summed E-state index contributed by atoms with van der Waals surface area (Å²) >= 11 is 0. The second-order valence-electron chi connectivity index (χ2n) is 9.78. The van der Waals surface area contributed by atoms with E-state index in [0.717, 1.165) is 53.3 Å². The molecule has 156 valence electrons. The molecule has 5 rings (SSSR count). The summed E-state index contributed by atoms with van der Waals surface area (Å²) in [6.45, 7) is 10.4. The average Bonchev–Trinajstić information content (AvgIpc) is 2.67. The molecule has 1 aliphatic carbocycles. The minimum absolute atomic E-state index is 0.168. The number of hydrogen-bond donors (Lipinski definition) is 2. The lowest BCUT2D eigenvalue weighted by Crippen LogP contribution is -2.32. The SMILES string of the molecule is CC1=C(C(=O)OC(C)C)C2c3ccccc3Nc3c4c(nc(c32)N1)CCC(C)(C)C4. The van der Waals surface area contributed by atoms with E-state index < -0.39 is 0 Å². The van der Waals surface area contributed by atoms with E-state index in [4.69, 9.17) is 9.72 Å². The Morgan fingerprint density at radius 2 is 2.00 bits per heavy atom. The summed E-state index contributed by atoms with van der Waals surface area (Å²) in [7, 11) is 0. The molecule has 2 aliphatic heterocycles. The average molecular weight is 404 g/mol. The first kappa shape index (κ1) is 19.2. The van der Waals surface area contributed by atoms with Gasteiger partial charge in [-0.2, -0.15) is 0 Å². The summed E-state index contributed by atoms with van der Waals surface area (Å²) in [6.07, 6.45) is 2.92. The molecule has 2 N–H and O–H groups in total. The molecule has 3 heterocycles. The van der Waals surface area contributed by atoms with Crippen molar-refractivity contribution in [3.05, 3.63) is 57.9 Å². The Balaban J connectivity index is 1.75. The van der Waals surface area contributed by atoms with E-state index in [1.165, 1.54) is 11.3 Å². The Morgan fingerprint density at radius 1 is 1.23 bits per heavy atom. The van der Waals surface area contributed by atoms with Gasteiger partial charge in [-0.3, -0.25) is 0 Å². The number of esters is 1. The van der Waals surface area contributed by atoms with Crippen molar-refractivity contribution in [1.82, 2.24) is 4.98 Å². The third kappa shape index (κ3) is 2.91. The number of fused-ring (bicyclic) bond motifs is 4. The Kier molecular flexibility index (Phi) is 4.21.